The van der Waals surface area contributed by atoms with Gasteiger partial charge in [0.25, 0.3) is 5.91 Å². The van der Waals surface area contributed by atoms with Crippen molar-refractivity contribution < 1.29 is 9.53 Å². The second kappa shape index (κ2) is 7.72. The van der Waals surface area contributed by atoms with E-state index in [-0.39, 0.29) is 24.4 Å². The molecule has 1 saturated heterocycles. The molecule has 2 N–H and O–H groups in total. The van der Waals surface area contributed by atoms with Crippen molar-refractivity contribution in [2.24, 2.45) is 0 Å². The van der Waals surface area contributed by atoms with Crippen LogP contribution in [-0.2, 0) is 4.74 Å². The van der Waals surface area contributed by atoms with Gasteiger partial charge in [0.05, 0.1) is 16.7 Å². The first-order valence-electron chi connectivity index (χ1n) is 6.50. The number of hydrogen-bond acceptors (Lipinski definition) is 3. The predicted molar refractivity (Wildman–Crippen MR) is 83.7 cm³/mol. The molecule has 0 radical (unpaired) electrons. The van der Waals surface area contributed by atoms with Crippen LogP contribution in [-0.4, -0.2) is 37.1 Å². The quantitative estimate of drug-likeness (QED) is 0.872. The Kier molecular flexibility index (Phi) is 6.59. The molecule has 1 aromatic carbocycles. The number of rotatable bonds is 3. The molecule has 1 atom stereocenters. The molecule has 1 fully saturated rings. The Labute approximate surface area is 130 Å². The largest absolute Gasteiger partial charge is 0.399 e. The number of carbonyl (C=O) groups excluding carboxylic acids is 1. The van der Waals surface area contributed by atoms with Gasteiger partial charge in [0, 0.05) is 25.9 Å². The molecular formula is C14H20Cl2N2O2. The Bertz CT molecular complexity index is 462. The molecule has 0 spiro atoms. The molecule has 112 valence electrons. The van der Waals surface area contributed by atoms with E-state index in [2.05, 4.69) is 0 Å². The van der Waals surface area contributed by atoms with Gasteiger partial charge in [-0.15, -0.1) is 12.4 Å². The van der Waals surface area contributed by atoms with Gasteiger partial charge in [-0.05, 0) is 37.5 Å². The van der Waals surface area contributed by atoms with Gasteiger partial charge in [-0.2, -0.15) is 0 Å². The Balaban J connectivity index is 0.00000200. The number of amides is 1. The fourth-order valence-corrected chi connectivity index (χ4v) is 2.52. The predicted octanol–water partition coefficient (Wildman–Crippen LogP) is 2.99. The van der Waals surface area contributed by atoms with Gasteiger partial charge in [0.1, 0.15) is 0 Å². The van der Waals surface area contributed by atoms with Crippen molar-refractivity contribution in [2.75, 3.05) is 25.9 Å². The van der Waals surface area contributed by atoms with Crippen LogP contribution in [0.5, 0.6) is 0 Å². The standard InChI is InChI=1S/C14H19ClN2O2.ClH/c1-17(9-11-4-2-3-7-19-11)14(18)12-6-5-10(16)8-13(12)15;/h5-6,8,11H,2-4,7,9,16H2,1H3;1H. The monoisotopic (exact) mass is 318 g/mol. The summed E-state index contributed by atoms with van der Waals surface area (Å²) in [5.74, 6) is -0.0980. The summed E-state index contributed by atoms with van der Waals surface area (Å²) in [4.78, 5) is 14.0. The number of ether oxygens (including phenoxy) is 1. The molecule has 20 heavy (non-hydrogen) atoms. The van der Waals surface area contributed by atoms with Gasteiger partial charge in [-0.3, -0.25) is 4.79 Å². The maximum absolute atomic E-state index is 12.3. The highest BCUT2D eigenvalue weighted by Crippen LogP contribution is 2.21. The molecule has 4 nitrogen and oxygen atoms in total. The van der Waals surface area contributed by atoms with Crippen LogP contribution in [0.25, 0.3) is 0 Å². The summed E-state index contributed by atoms with van der Waals surface area (Å²) >= 11 is 6.05. The van der Waals surface area contributed by atoms with Gasteiger partial charge < -0.3 is 15.4 Å². The molecule has 6 heteroatoms. The van der Waals surface area contributed by atoms with E-state index in [0.717, 1.165) is 25.9 Å². The van der Waals surface area contributed by atoms with Gasteiger partial charge in [0.2, 0.25) is 0 Å². The summed E-state index contributed by atoms with van der Waals surface area (Å²) in [6.07, 6.45) is 3.41. The summed E-state index contributed by atoms with van der Waals surface area (Å²) in [6.45, 7) is 1.38. The van der Waals surface area contributed by atoms with E-state index in [0.29, 0.717) is 22.8 Å². The van der Waals surface area contributed by atoms with Crippen LogP contribution >= 0.6 is 24.0 Å². The van der Waals surface area contributed by atoms with Crippen molar-refractivity contribution in [3.05, 3.63) is 28.8 Å². The van der Waals surface area contributed by atoms with Crippen LogP contribution in [0.3, 0.4) is 0 Å². The van der Waals surface area contributed by atoms with E-state index in [1.54, 1.807) is 30.1 Å². The molecule has 0 saturated carbocycles. The lowest BCUT2D eigenvalue weighted by Crippen LogP contribution is -2.37. The van der Waals surface area contributed by atoms with Crippen LogP contribution in [0.2, 0.25) is 5.02 Å². The maximum atomic E-state index is 12.3. The van der Waals surface area contributed by atoms with Crippen molar-refractivity contribution in [3.63, 3.8) is 0 Å². The van der Waals surface area contributed by atoms with Gasteiger partial charge in [0.15, 0.2) is 0 Å². The van der Waals surface area contributed by atoms with Crippen LogP contribution in [0.1, 0.15) is 29.6 Å². The first kappa shape index (κ1) is 17.1. The topological polar surface area (TPSA) is 55.6 Å². The number of halogens is 2. The summed E-state index contributed by atoms with van der Waals surface area (Å²) < 4.78 is 5.64. The van der Waals surface area contributed by atoms with E-state index in [1.165, 1.54) is 0 Å². The number of anilines is 1. The van der Waals surface area contributed by atoms with E-state index in [4.69, 9.17) is 22.1 Å². The summed E-state index contributed by atoms with van der Waals surface area (Å²) in [5, 5.41) is 0.390. The minimum Gasteiger partial charge on any atom is -0.399 e. The number of nitrogens with zero attached hydrogens (tertiary/aromatic N) is 1. The van der Waals surface area contributed by atoms with Crippen LogP contribution < -0.4 is 5.73 Å². The second-order valence-electron chi connectivity index (χ2n) is 4.91. The third-order valence-corrected chi connectivity index (χ3v) is 3.63. The highest BCUT2D eigenvalue weighted by atomic mass is 35.5. The van der Waals surface area contributed by atoms with Crippen LogP contribution in [0, 0.1) is 0 Å². The highest BCUT2D eigenvalue weighted by molar-refractivity contribution is 6.34. The smallest absolute Gasteiger partial charge is 0.255 e. The zero-order valence-electron chi connectivity index (χ0n) is 11.5. The van der Waals surface area contributed by atoms with E-state index < -0.39 is 0 Å². The SMILES string of the molecule is CN(CC1CCCCO1)C(=O)c1ccc(N)cc1Cl.Cl. The Morgan fingerprint density at radius 2 is 2.25 bits per heavy atom. The van der Waals surface area contributed by atoms with Crippen molar-refractivity contribution in [3.8, 4) is 0 Å². The Morgan fingerprint density at radius 3 is 2.85 bits per heavy atom. The number of likely N-dealkylation sites (N-methyl/N-ethyl adjacent to an activating group) is 1. The molecule has 1 aromatic rings. The molecule has 0 bridgehead atoms. The van der Waals surface area contributed by atoms with Crippen molar-refractivity contribution >= 4 is 35.6 Å². The zero-order chi connectivity index (χ0) is 13.8. The first-order chi connectivity index (χ1) is 9.08. The average Bonchev–Trinajstić information content (AvgIpc) is 2.39. The molecule has 1 amide bonds. The van der Waals surface area contributed by atoms with Crippen molar-refractivity contribution in [1.82, 2.24) is 4.90 Å². The minimum absolute atomic E-state index is 0. The molecule has 1 heterocycles. The number of benzene rings is 1. The van der Waals surface area contributed by atoms with Crippen molar-refractivity contribution in [2.45, 2.75) is 25.4 Å². The summed E-state index contributed by atoms with van der Waals surface area (Å²) in [7, 11) is 1.77. The third-order valence-electron chi connectivity index (χ3n) is 3.32. The molecule has 2 rings (SSSR count). The Hall–Kier alpha value is -0.970. The Morgan fingerprint density at radius 1 is 1.50 bits per heavy atom. The van der Waals surface area contributed by atoms with Crippen molar-refractivity contribution in [1.29, 1.82) is 0 Å². The molecule has 1 aliphatic rings. The van der Waals surface area contributed by atoms with Gasteiger partial charge in [-0.25, -0.2) is 0 Å². The number of nitrogen functional groups attached to an aromatic ring is 1. The number of nitrogens with two attached hydrogens (primary N) is 1. The number of hydrogen-bond donors (Lipinski definition) is 1. The van der Waals surface area contributed by atoms with Gasteiger partial charge >= 0.3 is 0 Å². The van der Waals surface area contributed by atoms with E-state index in [9.17, 15) is 4.79 Å². The van der Waals surface area contributed by atoms with Crippen LogP contribution in [0.4, 0.5) is 5.69 Å². The average molecular weight is 319 g/mol. The molecule has 1 unspecified atom stereocenters. The molecule has 1 aliphatic heterocycles. The highest BCUT2D eigenvalue weighted by Gasteiger charge is 2.21. The second-order valence-corrected chi connectivity index (χ2v) is 5.32. The fourth-order valence-electron chi connectivity index (χ4n) is 2.25. The lowest BCUT2D eigenvalue weighted by atomic mass is 10.1. The lowest BCUT2D eigenvalue weighted by molar-refractivity contribution is -0.000184. The maximum Gasteiger partial charge on any atom is 0.255 e. The molecule has 0 aliphatic carbocycles. The van der Waals surface area contributed by atoms with E-state index >= 15 is 0 Å². The zero-order valence-corrected chi connectivity index (χ0v) is 13.0. The fraction of sp³-hybridized carbons (Fsp3) is 0.500. The normalized spacial score (nSPS) is 18.2. The first-order valence-corrected chi connectivity index (χ1v) is 6.88. The van der Waals surface area contributed by atoms with E-state index in [1.807, 2.05) is 0 Å². The summed E-state index contributed by atoms with van der Waals surface area (Å²) in [6, 6.07) is 4.95. The summed E-state index contributed by atoms with van der Waals surface area (Å²) in [5.41, 5.74) is 6.66. The third kappa shape index (κ3) is 4.27. The van der Waals surface area contributed by atoms with Crippen LogP contribution in [0.15, 0.2) is 18.2 Å². The molecular weight excluding hydrogens is 299 g/mol. The minimum atomic E-state index is -0.0980. The number of carbonyl (C=O) groups is 1. The molecule has 0 aromatic heterocycles. The lowest BCUT2D eigenvalue weighted by Gasteiger charge is -2.27. The van der Waals surface area contributed by atoms with Gasteiger partial charge in [-0.1, -0.05) is 11.6 Å².